The summed E-state index contributed by atoms with van der Waals surface area (Å²) in [5.41, 5.74) is 0. The van der Waals surface area contributed by atoms with E-state index in [2.05, 4.69) is 4.72 Å². The van der Waals surface area contributed by atoms with Crippen LogP contribution in [0.5, 0.6) is 0 Å². The van der Waals surface area contributed by atoms with Crippen LogP contribution in [0.1, 0.15) is 13.3 Å². The third-order valence-electron chi connectivity index (χ3n) is 1.84. The number of hydrogen-bond donors (Lipinski definition) is 1. The lowest BCUT2D eigenvalue weighted by molar-refractivity contribution is -0.118. The molecule has 0 aliphatic rings. The van der Waals surface area contributed by atoms with Crippen molar-refractivity contribution >= 4 is 27.6 Å². The number of ketones is 1. The van der Waals surface area contributed by atoms with Crippen LogP contribution in [0.4, 0.5) is 0 Å². The number of Topliss-reactive ketones (excluding diaryl/α,β-unsaturated/α-hetero) is 1. The van der Waals surface area contributed by atoms with Crippen LogP contribution in [-0.2, 0) is 24.3 Å². The zero-order valence-corrected chi connectivity index (χ0v) is 12.4. The molecule has 0 saturated heterocycles. The highest BCUT2D eigenvalue weighted by molar-refractivity contribution is 7.98. The number of carbonyl (C=O) groups is 1. The minimum absolute atomic E-state index is 0.0535. The van der Waals surface area contributed by atoms with E-state index >= 15 is 0 Å². The molecule has 0 aliphatic heterocycles. The van der Waals surface area contributed by atoms with Crippen LogP contribution in [0.3, 0.4) is 0 Å². The second-order valence-corrected chi connectivity index (χ2v) is 6.33. The van der Waals surface area contributed by atoms with Crippen LogP contribution in [-0.4, -0.2) is 58.5 Å². The first-order valence-corrected chi connectivity index (χ1v) is 8.64. The molecule has 0 bridgehead atoms. The summed E-state index contributed by atoms with van der Waals surface area (Å²) in [4.78, 5) is 10.6. The van der Waals surface area contributed by atoms with Gasteiger partial charge in [0.05, 0.1) is 19.8 Å². The van der Waals surface area contributed by atoms with Gasteiger partial charge in [-0.05, 0) is 13.2 Å². The van der Waals surface area contributed by atoms with E-state index in [9.17, 15) is 13.2 Å². The first-order chi connectivity index (χ1) is 8.48. The van der Waals surface area contributed by atoms with E-state index in [1.54, 1.807) is 11.8 Å². The average Bonchev–Trinajstić information content (AvgIpc) is 2.29. The maximum absolute atomic E-state index is 11.4. The number of sulfonamides is 1. The molecular weight excluding hydrogens is 278 g/mol. The zero-order valence-electron chi connectivity index (χ0n) is 10.8. The van der Waals surface area contributed by atoms with Gasteiger partial charge < -0.3 is 9.47 Å². The molecule has 0 aromatic rings. The molecule has 0 spiro atoms. The van der Waals surface area contributed by atoms with E-state index in [-0.39, 0.29) is 24.9 Å². The van der Waals surface area contributed by atoms with Crippen LogP contribution in [0.15, 0.2) is 0 Å². The van der Waals surface area contributed by atoms with Gasteiger partial charge in [0, 0.05) is 18.7 Å². The Hall–Kier alpha value is -0.150. The van der Waals surface area contributed by atoms with E-state index in [4.69, 9.17) is 9.47 Å². The predicted octanol–water partition coefficient (Wildman–Crippen LogP) is 0.239. The Morgan fingerprint density at radius 3 is 2.56 bits per heavy atom. The summed E-state index contributed by atoms with van der Waals surface area (Å²) in [6.07, 6.45) is 2.28. The summed E-state index contributed by atoms with van der Waals surface area (Å²) in [6.45, 7) is 2.65. The smallest absolute Gasteiger partial charge is 0.235 e. The van der Waals surface area contributed by atoms with Crippen molar-refractivity contribution in [2.24, 2.45) is 0 Å². The van der Waals surface area contributed by atoms with E-state index in [1.807, 2.05) is 6.26 Å². The summed E-state index contributed by atoms with van der Waals surface area (Å²) in [5, 5.41) is 0. The SMILES string of the molecule is CSCCOCS(=O)(=O)NCCOCCC(C)=O. The number of thioether (sulfide) groups is 1. The molecule has 18 heavy (non-hydrogen) atoms. The molecule has 0 atom stereocenters. The van der Waals surface area contributed by atoms with Gasteiger partial charge in [-0.15, -0.1) is 0 Å². The average molecular weight is 299 g/mol. The van der Waals surface area contributed by atoms with Crippen LogP contribution in [0.25, 0.3) is 0 Å². The minimum Gasteiger partial charge on any atom is -0.380 e. The van der Waals surface area contributed by atoms with Gasteiger partial charge in [-0.1, -0.05) is 0 Å². The molecule has 6 nitrogen and oxygen atoms in total. The first kappa shape index (κ1) is 17.8. The van der Waals surface area contributed by atoms with Gasteiger partial charge in [0.1, 0.15) is 5.78 Å². The Kier molecular flexibility index (Phi) is 10.7. The molecule has 0 aromatic carbocycles. The van der Waals surface area contributed by atoms with E-state index in [1.165, 1.54) is 6.92 Å². The van der Waals surface area contributed by atoms with Crippen LogP contribution in [0, 0.1) is 0 Å². The van der Waals surface area contributed by atoms with Gasteiger partial charge in [-0.3, -0.25) is 4.79 Å². The van der Waals surface area contributed by atoms with Crippen LogP contribution < -0.4 is 4.72 Å². The standard InChI is InChI=1S/C10H21NO5S2/c1-10(12)3-5-15-6-4-11-18(13,14)9-16-7-8-17-2/h11H,3-9H2,1-2H3. The Morgan fingerprint density at radius 2 is 1.94 bits per heavy atom. The molecule has 0 amide bonds. The Labute approximate surface area is 113 Å². The van der Waals surface area contributed by atoms with Crippen LogP contribution >= 0.6 is 11.8 Å². The summed E-state index contributed by atoms with van der Waals surface area (Å²) in [7, 11) is -3.39. The molecular formula is C10H21NO5S2. The normalized spacial score (nSPS) is 11.7. The van der Waals surface area contributed by atoms with Gasteiger partial charge in [0.2, 0.25) is 10.0 Å². The van der Waals surface area contributed by atoms with E-state index in [0.717, 1.165) is 5.75 Å². The van der Waals surface area contributed by atoms with Gasteiger partial charge in [0.25, 0.3) is 0 Å². The van der Waals surface area contributed by atoms with Crippen molar-refractivity contribution in [2.75, 3.05) is 44.3 Å². The number of ether oxygens (including phenoxy) is 2. The minimum atomic E-state index is -3.39. The predicted molar refractivity (Wildman–Crippen MR) is 72.2 cm³/mol. The summed E-state index contributed by atoms with van der Waals surface area (Å²) in [6, 6.07) is 0. The largest absolute Gasteiger partial charge is 0.380 e. The van der Waals surface area contributed by atoms with Gasteiger partial charge >= 0.3 is 0 Å². The van der Waals surface area contributed by atoms with Crippen molar-refractivity contribution in [3.05, 3.63) is 0 Å². The molecule has 0 fully saturated rings. The molecule has 108 valence electrons. The van der Waals surface area contributed by atoms with Crippen molar-refractivity contribution in [1.82, 2.24) is 4.72 Å². The molecule has 0 aliphatic carbocycles. The number of hydrogen-bond acceptors (Lipinski definition) is 6. The summed E-state index contributed by atoms with van der Waals surface area (Å²) >= 11 is 1.59. The molecule has 8 heteroatoms. The molecule has 0 heterocycles. The second kappa shape index (κ2) is 10.7. The van der Waals surface area contributed by atoms with E-state index < -0.39 is 10.0 Å². The lowest BCUT2D eigenvalue weighted by Crippen LogP contribution is -2.31. The number of nitrogens with one attached hydrogen (secondary N) is 1. The van der Waals surface area contributed by atoms with Crippen LogP contribution in [0.2, 0.25) is 0 Å². The van der Waals surface area contributed by atoms with E-state index in [0.29, 0.717) is 19.6 Å². The first-order valence-electron chi connectivity index (χ1n) is 5.59. The van der Waals surface area contributed by atoms with Crippen molar-refractivity contribution in [1.29, 1.82) is 0 Å². The van der Waals surface area contributed by atoms with Gasteiger partial charge in [-0.2, -0.15) is 11.8 Å². The monoisotopic (exact) mass is 299 g/mol. The highest BCUT2D eigenvalue weighted by atomic mass is 32.2. The highest BCUT2D eigenvalue weighted by Gasteiger charge is 2.09. The fourth-order valence-electron chi connectivity index (χ4n) is 0.940. The van der Waals surface area contributed by atoms with Crippen molar-refractivity contribution in [3.63, 3.8) is 0 Å². The quantitative estimate of drug-likeness (QED) is 0.520. The third-order valence-corrected chi connectivity index (χ3v) is 3.53. The molecule has 0 radical (unpaired) electrons. The Morgan fingerprint density at radius 1 is 1.22 bits per heavy atom. The fourth-order valence-corrected chi connectivity index (χ4v) is 2.04. The molecule has 0 aromatic heterocycles. The number of carbonyl (C=O) groups excluding carboxylic acids is 1. The zero-order chi connectivity index (χ0) is 13.9. The topological polar surface area (TPSA) is 81.7 Å². The molecule has 1 N–H and O–H groups in total. The van der Waals surface area contributed by atoms with Crippen molar-refractivity contribution in [3.8, 4) is 0 Å². The van der Waals surface area contributed by atoms with Crippen molar-refractivity contribution < 1.29 is 22.7 Å². The van der Waals surface area contributed by atoms with Gasteiger partial charge in [0.15, 0.2) is 5.94 Å². The third kappa shape index (κ3) is 12.3. The lowest BCUT2D eigenvalue weighted by atomic mass is 10.3. The fraction of sp³-hybridized carbons (Fsp3) is 0.900. The van der Waals surface area contributed by atoms with Gasteiger partial charge in [-0.25, -0.2) is 13.1 Å². The maximum atomic E-state index is 11.4. The molecule has 0 unspecified atom stereocenters. The molecule has 0 saturated carbocycles. The second-order valence-electron chi connectivity index (χ2n) is 3.59. The highest BCUT2D eigenvalue weighted by Crippen LogP contribution is 1.93. The number of rotatable bonds is 12. The lowest BCUT2D eigenvalue weighted by Gasteiger charge is -2.07. The molecule has 0 rings (SSSR count). The summed E-state index contributed by atoms with van der Waals surface area (Å²) < 4.78 is 35.2. The Bertz CT molecular complexity index is 318. The Balaban J connectivity index is 3.49. The van der Waals surface area contributed by atoms with Crippen molar-refractivity contribution in [2.45, 2.75) is 13.3 Å². The summed E-state index contributed by atoms with van der Waals surface area (Å²) in [5.74, 6) is 0.489. The maximum Gasteiger partial charge on any atom is 0.235 e.